The Morgan fingerprint density at radius 2 is 2.40 bits per heavy atom. The maximum absolute atomic E-state index is 10.6. The molecule has 110 valence electrons. The third kappa shape index (κ3) is 4.33. The first-order valence-corrected chi connectivity index (χ1v) is 6.92. The van der Waals surface area contributed by atoms with Crippen molar-refractivity contribution in [1.82, 2.24) is 0 Å². The summed E-state index contributed by atoms with van der Waals surface area (Å²) in [6.07, 6.45) is 2.38. The van der Waals surface area contributed by atoms with E-state index in [1.807, 2.05) is 0 Å². The van der Waals surface area contributed by atoms with Crippen molar-refractivity contribution in [3.05, 3.63) is 33.3 Å². The number of nitrogens with zero attached hydrogens (tertiary/aromatic N) is 1. The first kappa shape index (κ1) is 15.0. The molecule has 1 fully saturated rings. The van der Waals surface area contributed by atoms with Crippen molar-refractivity contribution in [3.8, 4) is 0 Å². The molecule has 1 aromatic rings. The molecule has 2 rings (SSSR count). The van der Waals surface area contributed by atoms with Crippen molar-refractivity contribution in [2.24, 2.45) is 0 Å². The largest absolute Gasteiger partial charge is 0.382 e. The molecule has 0 aromatic heterocycles. The van der Waals surface area contributed by atoms with Crippen LogP contribution in [0.2, 0.25) is 5.02 Å². The van der Waals surface area contributed by atoms with Crippen LogP contribution < -0.4 is 5.32 Å². The van der Waals surface area contributed by atoms with E-state index in [1.54, 1.807) is 6.07 Å². The highest BCUT2D eigenvalue weighted by Gasteiger charge is 2.15. The van der Waals surface area contributed by atoms with Crippen LogP contribution in [0.3, 0.4) is 0 Å². The predicted molar refractivity (Wildman–Crippen MR) is 76.4 cm³/mol. The first-order chi connectivity index (χ1) is 9.66. The number of anilines is 1. The molecule has 1 atom stereocenters. The van der Waals surface area contributed by atoms with Gasteiger partial charge in [-0.25, -0.2) is 0 Å². The third-order valence-electron chi connectivity index (χ3n) is 3.05. The van der Waals surface area contributed by atoms with Crippen LogP contribution >= 0.6 is 11.6 Å². The monoisotopic (exact) mass is 300 g/mol. The van der Waals surface area contributed by atoms with Crippen LogP contribution in [0, 0.1) is 10.1 Å². The molecule has 0 saturated carbocycles. The van der Waals surface area contributed by atoms with Gasteiger partial charge in [-0.3, -0.25) is 10.1 Å². The summed E-state index contributed by atoms with van der Waals surface area (Å²) in [5.74, 6) is 0. The number of non-ortho nitro benzene ring substituents is 1. The van der Waals surface area contributed by atoms with Gasteiger partial charge < -0.3 is 14.8 Å². The summed E-state index contributed by atoms with van der Waals surface area (Å²) in [7, 11) is 0. The summed E-state index contributed by atoms with van der Waals surface area (Å²) < 4.78 is 10.9. The summed E-state index contributed by atoms with van der Waals surface area (Å²) in [5, 5.41) is 14.0. The van der Waals surface area contributed by atoms with Crippen LogP contribution in [0.1, 0.15) is 12.8 Å². The van der Waals surface area contributed by atoms with E-state index < -0.39 is 4.92 Å². The van der Waals surface area contributed by atoms with Crippen molar-refractivity contribution < 1.29 is 14.4 Å². The van der Waals surface area contributed by atoms with E-state index in [9.17, 15) is 10.1 Å². The quantitative estimate of drug-likeness (QED) is 0.476. The second-order valence-electron chi connectivity index (χ2n) is 4.56. The van der Waals surface area contributed by atoms with Gasteiger partial charge in [0.25, 0.3) is 5.69 Å². The van der Waals surface area contributed by atoms with Crippen LogP contribution in [0.4, 0.5) is 11.4 Å². The topological polar surface area (TPSA) is 73.6 Å². The molecule has 1 aliphatic rings. The van der Waals surface area contributed by atoms with E-state index in [1.165, 1.54) is 12.1 Å². The van der Waals surface area contributed by atoms with Crippen LogP contribution in [-0.2, 0) is 9.47 Å². The number of nitro groups is 1. The summed E-state index contributed by atoms with van der Waals surface area (Å²) in [5.41, 5.74) is 0.646. The standard InChI is InChI=1S/C13H17ClN2O4/c14-12-8-10(16(17)18)3-4-13(12)15-5-7-19-9-11-2-1-6-20-11/h3-4,8,11,15H,1-2,5-7,9H2. The van der Waals surface area contributed by atoms with Gasteiger partial charge in [0.05, 0.1) is 35.0 Å². The molecule has 0 aliphatic carbocycles. The van der Waals surface area contributed by atoms with Gasteiger partial charge in [-0.2, -0.15) is 0 Å². The van der Waals surface area contributed by atoms with Gasteiger partial charge in [0.2, 0.25) is 0 Å². The minimum atomic E-state index is -0.472. The summed E-state index contributed by atoms with van der Waals surface area (Å²) in [6, 6.07) is 4.35. The fraction of sp³-hybridized carbons (Fsp3) is 0.538. The SMILES string of the molecule is O=[N+]([O-])c1ccc(NCCOCC2CCCO2)c(Cl)c1. The predicted octanol–water partition coefficient (Wildman–Crippen LogP) is 2.86. The van der Waals surface area contributed by atoms with E-state index in [4.69, 9.17) is 21.1 Å². The molecule has 20 heavy (non-hydrogen) atoms. The number of benzene rings is 1. The highest BCUT2D eigenvalue weighted by atomic mass is 35.5. The minimum Gasteiger partial charge on any atom is -0.382 e. The molecule has 6 nitrogen and oxygen atoms in total. The lowest BCUT2D eigenvalue weighted by atomic mass is 10.2. The lowest BCUT2D eigenvalue weighted by Gasteiger charge is -2.11. The lowest BCUT2D eigenvalue weighted by Crippen LogP contribution is -2.17. The Bertz CT molecular complexity index is 464. The summed E-state index contributed by atoms with van der Waals surface area (Å²) in [4.78, 5) is 10.1. The molecule has 0 bridgehead atoms. The Kier molecular flexibility index (Phi) is 5.58. The Labute approximate surface area is 122 Å². The molecule has 1 aliphatic heterocycles. The van der Waals surface area contributed by atoms with Gasteiger partial charge in [-0.15, -0.1) is 0 Å². The number of hydrogen-bond acceptors (Lipinski definition) is 5. The number of nitrogens with one attached hydrogen (secondary N) is 1. The molecule has 7 heteroatoms. The Morgan fingerprint density at radius 1 is 1.55 bits per heavy atom. The Balaban J connectivity index is 1.69. The van der Waals surface area contributed by atoms with Crippen LogP contribution in [0.15, 0.2) is 18.2 Å². The van der Waals surface area contributed by atoms with Crippen molar-refractivity contribution in [1.29, 1.82) is 0 Å². The third-order valence-corrected chi connectivity index (χ3v) is 3.37. The first-order valence-electron chi connectivity index (χ1n) is 6.54. The summed E-state index contributed by atoms with van der Waals surface area (Å²) >= 11 is 5.96. The van der Waals surface area contributed by atoms with Gasteiger partial charge in [-0.05, 0) is 18.9 Å². The van der Waals surface area contributed by atoms with Gasteiger partial charge >= 0.3 is 0 Å². The molecular weight excluding hydrogens is 284 g/mol. The average molecular weight is 301 g/mol. The van der Waals surface area contributed by atoms with Crippen molar-refractivity contribution in [2.45, 2.75) is 18.9 Å². The van der Waals surface area contributed by atoms with Crippen molar-refractivity contribution in [3.63, 3.8) is 0 Å². The van der Waals surface area contributed by atoms with Gasteiger partial charge in [0, 0.05) is 25.3 Å². The van der Waals surface area contributed by atoms with Gasteiger partial charge in [0.1, 0.15) is 0 Å². The van der Waals surface area contributed by atoms with E-state index in [2.05, 4.69) is 5.32 Å². The molecule has 0 spiro atoms. The second-order valence-corrected chi connectivity index (χ2v) is 4.97. The fourth-order valence-corrected chi connectivity index (χ4v) is 2.25. The maximum atomic E-state index is 10.6. The lowest BCUT2D eigenvalue weighted by molar-refractivity contribution is -0.384. The van der Waals surface area contributed by atoms with E-state index in [0.29, 0.717) is 30.5 Å². The van der Waals surface area contributed by atoms with E-state index in [-0.39, 0.29) is 11.8 Å². The number of halogens is 1. The zero-order chi connectivity index (χ0) is 14.4. The summed E-state index contributed by atoms with van der Waals surface area (Å²) in [6.45, 7) is 2.55. The number of nitro benzene ring substituents is 1. The Hall–Kier alpha value is -1.37. The van der Waals surface area contributed by atoms with Crippen molar-refractivity contribution >= 4 is 23.0 Å². The average Bonchev–Trinajstić information content (AvgIpc) is 2.93. The normalized spacial score (nSPS) is 18.1. The zero-order valence-corrected chi connectivity index (χ0v) is 11.8. The second kappa shape index (κ2) is 7.42. The number of hydrogen-bond donors (Lipinski definition) is 1. The van der Waals surface area contributed by atoms with Gasteiger partial charge in [0.15, 0.2) is 0 Å². The highest BCUT2D eigenvalue weighted by Crippen LogP contribution is 2.26. The molecule has 0 radical (unpaired) electrons. The molecule has 1 saturated heterocycles. The smallest absolute Gasteiger partial charge is 0.271 e. The Morgan fingerprint density at radius 3 is 3.05 bits per heavy atom. The maximum Gasteiger partial charge on any atom is 0.271 e. The molecule has 1 heterocycles. The number of rotatable bonds is 7. The van der Waals surface area contributed by atoms with E-state index >= 15 is 0 Å². The highest BCUT2D eigenvalue weighted by molar-refractivity contribution is 6.33. The molecule has 0 amide bonds. The van der Waals surface area contributed by atoms with Crippen LogP contribution in [0.25, 0.3) is 0 Å². The molecule has 1 aromatic carbocycles. The molecule has 1 N–H and O–H groups in total. The zero-order valence-electron chi connectivity index (χ0n) is 11.0. The molecule has 1 unspecified atom stereocenters. The van der Waals surface area contributed by atoms with Crippen LogP contribution in [0.5, 0.6) is 0 Å². The van der Waals surface area contributed by atoms with Gasteiger partial charge in [-0.1, -0.05) is 11.6 Å². The van der Waals surface area contributed by atoms with E-state index in [0.717, 1.165) is 19.4 Å². The fourth-order valence-electron chi connectivity index (χ4n) is 2.01. The molecular formula is C13H17ClN2O4. The minimum absolute atomic E-state index is 0.0183. The number of ether oxygens (including phenoxy) is 2. The van der Waals surface area contributed by atoms with Crippen molar-refractivity contribution in [2.75, 3.05) is 31.7 Å². The van der Waals surface area contributed by atoms with Crippen LogP contribution in [-0.4, -0.2) is 37.4 Å².